The van der Waals surface area contributed by atoms with Crippen LogP contribution >= 0.6 is 11.3 Å². The van der Waals surface area contributed by atoms with Gasteiger partial charge in [-0.25, -0.2) is 4.39 Å². The van der Waals surface area contributed by atoms with Crippen LogP contribution < -0.4 is 10.1 Å². The van der Waals surface area contributed by atoms with Gasteiger partial charge in [-0.1, -0.05) is 18.2 Å². The number of benzene rings is 2. The summed E-state index contributed by atoms with van der Waals surface area (Å²) < 4.78 is 21.3. The van der Waals surface area contributed by atoms with E-state index >= 15 is 0 Å². The average Bonchev–Trinajstić information content (AvgIpc) is 3.28. The fourth-order valence-electron chi connectivity index (χ4n) is 4.15. The molecule has 1 amide bonds. The summed E-state index contributed by atoms with van der Waals surface area (Å²) in [5, 5.41) is 12.9. The van der Waals surface area contributed by atoms with Gasteiger partial charge in [0.15, 0.2) is 17.3 Å². The molecule has 1 saturated carbocycles. The van der Waals surface area contributed by atoms with Crippen molar-refractivity contribution in [1.82, 2.24) is 5.32 Å². The third-order valence-corrected chi connectivity index (χ3v) is 7.20. The van der Waals surface area contributed by atoms with Crippen LogP contribution in [0.4, 0.5) is 4.39 Å². The molecule has 8 heteroatoms. The molecule has 0 radical (unpaired) electrons. The first-order valence-corrected chi connectivity index (χ1v) is 12.2. The lowest BCUT2D eigenvalue weighted by molar-refractivity contribution is -0.143. The predicted molar refractivity (Wildman–Crippen MR) is 128 cm³/mol. The predicted octanol–water partition coefficient (Wildman–Crippen LogP) is 5.46. The number of hydrogen-bond acceptors (Lipinski definition) is 5. The van der Waals surface area contributed by atoms with Crippen molar-refractivity contribution in [3.05, 3.63) is 64.8 Å². The number of amides is 1. The third-order valence-electron chi connectivity index (χ3n) is 6.09. The van der Waals surface area contributed by atoms with Crippen molar-refractivity contribution in [2.45, 2.75) is 44.6 Å². The quantitative estimate of drug-likeness (QED) is 0.312. The van der Waals surface area contributed by atoms with E-state index in [2.05, 4.69) is 5.32 Å². The first kappa shape index (κ1) is 23.9. The Labute approximate surface area is 200 Å². The summed E-state index contributed by atoms with van der Waals surface area (Å²) in [4.78, 5) is 36.5. The Morgan fingerprint density at radius 1 is 1.06 bits per heavy atom. The number of ketones is 1. The molecule has 0 atom stereocenters. The van der Waals surface area contributed by atoms with E-state index in [9.17, 15) is 18.8 Å². The van der Waals surface area contributed by atoms with Crippen molar-refractivity contribution in [3.8, 4) is 5.75 Å². The lowest BCUT2D eigenvalue weighted by atomic mass is 9.87. The first-order chi connectivity index (χ1) is 16.4. The van der Waals surface area contributed by atoms with Crippen LogP contribution in [-0.4, -0.2) is 35.4 Å². The van der Waals surface area contributed by atoms with E-state index in [0.717, 1.165) is 10.1 Å². The zero-order valence-electron chi connectivity index (χ0n) is 18.6. The summed E-state index contributed by atoms with van der Waals surface area (Å²) in [5.41, 5.74) is 0.260. The number of ether oxygens (including phenoxy) is 1. The second-order valence-electron chi connectivity index (χ2n) is 8.51. The minimum atomic E-state index is -0.799. The van der Waals surface area contributed by atoms with Crippen molar-refractivity contribution < 1.29 is 28.6 Å². The van der Waals surface area contributed by atoms with Crippen LogP contribution in [0.3, 0.4) is 0 Å². The monoisotopic (exact) mass is 483 g/mol. The molecule has 2 aromatic carbocycles. The summed E-state index contributed by atoms with van der Waals surface area (Å²) in [6.07, 6.45) is 2.55. The van der Waals surface area contributed by atoms with Crippen LogP contribution in [0, 0.1) is 11.7 Å². The molecule has 0 aliphatic heterocycles. The van der Waals surface area contributed by atoms with Gasteiger partial charge in [0.05, 0.1) is 16.9 Å². The number of thiophene rings is 1. The number of fused-ring (bicyclic) bond motifs is 1. The molecule has 4 rings (SSSR count). The minimum absolute atomic E-state index is 0.0749. The molecule has 2 N–H and O–H groups in total. The minimum Gasteiger partial charge on any atom is -0.487 e. The first-order valence-electron chi connectivity index (χ1n) is 11.4. The molecule has 1 aliphatic rings. The summed E-state index contributed by atoms with van der Waals surface area (Å²) in [7, 11) is 0. The molecular weight excluding hydrogens is 457 g/mol. The number of carbonyl (C=O) groups is 3. The fourth-order valence-corrected chi connectivity index (χ4v) is 5.13. The number of carboxylic acids is 1. The maximum Gasteiger partial charge on any atom is 0.306 e. The highest BCUT2D eigenvalue weighted by atomic mass is 32.1. The Hall–Kier alpha value is -3.26. The summed E-state index contributed by atoms with van der Waals surface area (Å²) in [5.74, 6) is -2.07. The average molecular weight is 484 g/mol. The highest BCUT2D eigenvalue weighted by Crippen LogP contribution is 2.29. The van der Waals surface area contributed by atoms with Crippen molar-refractivity contribution in [3.63, 3.8) is 0 Å². The van der Waals surface area contributed by atoms with Crippen LogP contribution in [0.1, 0.15) is 58.6 Å². The van der Waals surface area contributed by atoms with Gasteiger partial charge >= 0.3 is 5.97 Å². The molecule has 0 saturated heterocycles. The fraction of sp³-hybridized carbons (Fsp3) is 0.346. The topological polar surface area (TPSA) is 92.7 Å². The molecule has 178 valence electrons. The Balaban J connectivity index is 1.23. The van der Waals surface area contributed by atoms with E-state index in [1.807, 2.05) is 30.3 Å². The van der Waals surface area contributed by atoms with E-state index in [1.165, 1.54) is 23.5 Å². The highest BCUT2D eigenvalue weighted by molar-refractivity contribution is 7.20. The van der Waals surface area contributed by atoms with E-state index < -0.39 is 11.8 Å². The van der Waals surface area contributed by atoms with Gasteiger partial charge in [-0.15, -0.1) is 11.3 Å². The molecule has 1 heterocycles. The van der Waals surface area contributed by atoms with E-state index in [4.69, 9.17) is 9.84 Å². The number of aliphatic carboxylic acids is 1. The molecule has 1 aliphatic carbocycles. The number of carbonyl (C=O) groups excluding carboxylic acids is 2. The Morgan fingerprint density at radius 2 is 1.82 bits per heavy atom. The molecule has 1 aromatic heterocycles. The lowest BCUT2D eigenvalue weighted by Gasteiger charge is -2.27. The molecule has 1 fully saturated rings. The number of rotatable bonds is 9. The standard InChI is InChI=1S/C26H26FNO5S/c27-20-14-17(9-12-22(20)33-19-10-7-16(8-11-19)26(31)32)21(29)5-3-13-28-25(30)24-15-18-4-1-2-6-23(18)34-24/h1-2,4,6,9,12,14-16,19H,3,5,7-8,10-11,13H2,(H,28,30)(H,31,32). The largest absolute Gasteiger partial charge is 0.487 e. The van der Waals surface area contributed by atoms with Crippen LogP contribution in [0.2, 0.25) is 0 Å². The van der Waals surface area contributed by atoms with Gasteiger partial charge in [0.1, 0.15) is 0 Å². The number of Topliss-reactive ketones (excluding diaryl/α,β-unsaturated/α-hetero) is 1. The van der Waals surface area contributed by atoms with E-state index in [-0.39, 0.29) is 41.4 Å². The maximum absolute atomic E-state index is 14.5. The summed E-state index contributed by atoms with van der Waals surface area (Å²) >= 11 is 1.42. The molecule has 0 bridgehead atoms. The number of carboxylic acid groups (broad SMARTS) is 1. The van der Waals surface area contributed by atoms with E-state index in [1.54, 1.807) is 6.07 Å². The van der Waals surface area contributed by atoms with Crippen molar-refractivity contribution >= 4 is 39.1 Å². The third kappa shape index (κ3) is 5.80. The molecule has 34 heavy (non-hydrogen) atoms. The second kappa shape index (κ2) is 10.8. The number of halogens is 1. The van der Waals surface area contributed by atoms with Crippen molar-refractivity contribution in [1.29, 1.82) is 0 Å². The number of hydrogen-bond donors (Lipinski definition) is 2. The zero-order chi connectivity index (χ0) is 24.1. The van der Waals surface area contributed by atoms with Gasteiger partial charge in [0, 0.05) is 23.2 Å². The van der Waals surface area contributed by atoms with Crippen LogP contribution in [0.25, 0.3) is 10.1 Å². The van der Waals surface area contributed by atoms with Gasteiger partial charge < -0.3 is 15.2 Å². The number of nitrogens with one attached hydrogen (secondary N) is 1. The lowest BCUT2D eigenvalue weighted by Crippen LogP contribution is -2.28. The van der Waals surface area contributed by atoms with Crippen molar-refractivity contribution in [2.24, 2.45) is 5.92 Å². The molecule has 3 aromatic rings. The second-order valence-corrected chi connectivity index (χ2v) is 9.59. The highest BCUT2D eigenvalue weighted by Gasteiger charge is 2.27. The smallest absolute Gasteiger partial charge is 0.306 e. The maximum atomic E-state index is 14.5. The summed E-state index contributed by atoms with van der Waals surface area (Å²) in [6.45, 7) is 0.349. The van der Waals surface area contributed by atoms with Gasteiger partial charge in [-0.05, 0) is 67.8 Å². The Kier molecular flexibility index (Phi) is 7.57. The Bertz CT molecular complexity index is 1170. The van der Waals surface area contributed by atoms with Crippen LogP contribution in [-0.2, 0) is 4.79 Å². The van der Waals surface area contributed by atoms with E-state index in [0.29, 0.717) is 43.5 Å². The molecule has 6 nitrogen and oxygen atoms in total. The van der Waals surface area contributed by atoms with Crippen LogP contribution in [0.15, 0.2) is 48.5 Å². The molecular formula is C26H26FNO5S. The van der Waals surface area contributed by atoms with Gasteiger partial charge in [0.2, 0.25) is 0 Å². The molecule has 0 spiro atoms. The SMILES string of the molecule is O=C(CCCNC(=O)c1cc2ccccc2s1)c1ccc(OC2CCC(C(=O)O)CC2)c(F)c1. The zero-order valence-corrected chi connectivity index (χ0v) is 19.4. The Morgan fingerprint density at radius 3 is 2.53 bits per heavy atom. The van der Waals surface area contributed by atoms with Gasteiger partial charge in [0.25, 0.3) is 5.91 Å². The van der Waals surface area contributed by atoms with Gasteiger partial charge in [-0.2, -0.15) is 0 Å². The van der Waals surface area contributed by atoms with Gasteiger partial charge in [-0.3, -0.25) is 14.4 Å². The van der Waals surface area contributed by atoms with Crippen LogP contribution in [0.5, 0.6) is 5.75 Å². The normalized spacial score (nSPS) is 17.9. The van der Waals surface area contributed by atoms with Crippen molar-refractivity contribution in [2.75, 3.05) is 6.54 Å². The molecule has 0 unspecified atom stereocenters. The summed E-state index contributed by atoms with van der Waals surface area (Å²) in [6, 6.07) is 13.8.